The number of ether oxygens (including phenoxy) is 1. The summed E-state index contributed by atoms with van der Waals surface area (Å²) in [5, 5.41) is 2.69. The molecule has 1 aliphatic rings. The molecule has 1 N–H and O–H groups in total. The van der Waals surface area contributed by atoms with E-state index in [-0.39, 0.29) is 6.04 Å². The number of methoxy groups -OCH3 is 1. The highest BCUT2D eigenvalue weighted by molar-refractivity contribution is 5.90. The largest absolute Gasteiger partial charge is 0.465 e. The first-order chi connectivity index (χ1) is 9.32. The Morgan fingerprint density at radius 1 is 1.40 bits per heavy atom. The van der Waals surface area contributed by atoms with Gasteiger partial charge in [-0.15, -0.1) is 0 Å². The van der Waals surface area contributed by atoms with Gasteiger partial charge in [-0.25, -0.2) is 9.18 Å². The first-order valence-corrected chi connectivity index (χ1v) is 6.54. The van der Waals surface area contributed by atoms with E-state index >= 15 is 0 Å². The second-order valence-corrected chi connectivity index (χ2v) is 5.44. The minimum Gasteiger partial charge on any atom is -0.465 e. The summed E-state index contributed by atoms with van der Waals surface area (Å²) in [5.74, 6) is -1.06. The van der Waals surface area contributed by atoms with Crippen molar-refractivity contribution >= 4 is 11.9 Å². The Hall–Kier alpha value is -1.91. The smallest absolute Gasteiger partial charge is 0.337 e. The van der Waals surface area contributed by atoms with Crippen LogP contribution in [-0.2, 0) is 16.0 Å². The maximum atomic E-state index is 13.6. The minimum absolute atomic E-state index is 0.253. The molecule has 0 bridgehead atoms. The third kappa shape index (κ3) is 2.81. The molecule has 108 valence electrons. The summed E-state index contributed by atoms with van der Waals surface area (Å²) in [6.45, 7) is 2.45. The molecule has 5 heteroatoms. The molecule has 0 saturated carbocycles. The van der Waals surface area contributed by atoms with Crippen molar-refractivity contribution in [2.24, 2.45) is 0 Å². The van der Waals surface area contributed by atoms with Gasteiger partial charge in [0, 0.05) is 0 Å². The first-order valence-electron chi connectivity index (χ1n) is 6.54. The average Bonchev–Trinajstić information content (AvgIpc) is 2.79. The topological polar surface area (TPSA) is 55.4 Å². The van der Waals surface area contributed by atoms with E-state index < -0.39 is 17.5 Å². The molecule has 1 amide bonds. The molecule has 2 rings (SSSR count). The van der Waals surface area contributed by atoms with Crippen molar-refractivity contribution in [3.63, 3.8) is 0 Å². The molecular formula is C15H18FNO3. The van der Waals surface area contributed by atoms with Crippen molar-refractivity contribution in [3.8, 4) is 0 Å². The summed E-state index contributed by atoms with van der Waals surface area (Å²) < 4.78 is 18.3. The lowest BCUT2D eigenvalue weighted by Gasteiger charge is -2.19. The molecule has 4 nitrogen and oxygen atoms in total. The molecule has 0 saturated heterocycles. The van der Waals surface area contributed by atoms with Crippen LogP contribution in [0.2, 0.25) is 0 Å². The van der Waals surface area contributed by atoms with Crippen LogP contribution in [0.4, 0.5) is 4.39 Å². The van der Waals surface area contributed by atoms with Gasteiger partial charge in [0.25, 0.3) is 5.91 Å². The highest BCUT2D eigenvalue weighted by Gasteiger charge is 2.32. The molecule has 0 heterocycles. The number of esters is 1. The number of benzene rings is 1. The lowest BCUT2D eigenvalue weighted by Crippen LogP contribution is -2.40. The Kier molecular flexibility index (Phi) is 3.79. The summed E-state index contributed by atoms with van der Waals surface area (Å²) in [5.41, 5.74) is 0.458. The van der Waals surface area contributed by atoms with Crippen LogP contribution in [0, 0.1) is 0 Å². The maximum Gasteiger partial charge on any atom is 0.337 e. The zero-order chi connectivity index (χ0) is 14.9. The number of nitrogens with one attached hydrogen (secondary N) is 1. The normalized spacial score (nSPS) is 17.5. The van der Waals surface area contributed by atoms with Crippen molar-refractivity contribution in [1.82, 2.24) is 5.32 Å². The summed E-state index contributed by atoms with van der Waals surface area (Å²) >= 11 is 0. The molecule has 20 heavy (non-hydrogen) atoms. The van der Waals surface area contributed by atoms with Gasteiger partial charge >= 0.3 is 5.97 Å². The number of hydrogen-bond acceptors (Lipinski definition) is 3. The van der Waals surface area contributed by atoms with Gasteiger partial charge in [0.05, 0.1) is 18.7 Å². The lowest BCUT2D eigenvalue weighted by atomic mass is 10.0. The Morgan fingerprint density at radius 2 is 2.10 bits per heavy atom. The molecule has 0 unspecified atom stereocenters. The van der Waals surface area contributed by atoms with Crippen molar-refractivity contribution < 1.29 is 18.7 Å². The monoisotopic (exact) mass is 279 g/mol. The summed E-state index contributed by atoms with van der Waals surface area (Å²) in [6, 6.07) is 5.02. The van der Waals surface area contributed by atoms with Gasteiger partial charge < -0.3 is 10.1 Å². The second-order valence-electron chi connectivity index (χ2n) is 5.44. The fraction of sp³-hybridized carbons (Fsp3) is 0.467. The van der Waals surface area contributed by atoms with Crippen LogP contribution >= 0.6 is 0 Å². The van der Waals surface area contributed by atoms with Gasteiger partial charge in [0.15, 0.2) is 5.67 Å². The molecule has 0 aromatic heterocycles. The Morgan fingerprint density at radius 3 is 2.70 bits per heavy atom. The van der Waals surface area contributed by atoms with E-state index in [0.29, 0.717) is 12.0 Å². The zero-order valence-corrected chi connectivity index (χ0v) is 11.8. The predicted octanol–water partition coefficient (Wildman–Crippen LogP) is 2.32. The van der Waals surface area contributed by atoms with Crippen LogP contribution in [0.25, 0.3) is 0 Å². The Labute approximate surface area is 117 Å². The van der Waals surface area contributed by atoms with Crippen LogP contribution in [0.5, 0.6) is 0 Å². The van der Waals surface area contributed by atoms with E-state index in [0.717, 1.165) is 17.5 Å². The van der Waals surface area contributed by atoms with Gasteiger partial charge in [-0.2, -0.15) is 0 Å². The van der Waals surface area contributed by atoms with E-state index in [1.165, 1.54) is 21.0 Å². The molecule has 0 spiro atoms. The number of fused-ring (bicyclic) bond motifs is 1. The van der Waals surface area contributed by atoms with E-state index in [4.69, 9.17) is 0 Å². The number of carbonyl (C=O) groups is 2. The number of rotatable bonds is 3. The fourth-order valence-electron chi connectivity index (χ4n) is 2.33. The first kappa shape index (κ1) is 14.5. The molecular weight excluding hydrogens is 261 g/mol. The van der Waals surface area contributed by atoms with Gasteiger partial charge in [0.1, 0.15) is 0 Å². The lowest BCUT2D eigenvalue weighted by molar-refractivity contribution is -0.131. The standard InChI is InChI=1S/C15H18FNO3/c1-15(2,16)14(19)17-12-7-6-9-4-5-10(8-11(9)12)13(18)20-3/h4-5,8,12H,6-7H2,1-3H3,(H,17,19)/t12-/m1/s1. The Bertz CT molecular complexity index is 549. The summed E-state index contributed by atoms with van der Waals surface area (Å²) in [6.07, 6.45) is 1.51. The van der Waals surface area contributed by atoms with Crippen LogP contribution < -0.4 is 5.32 Å². The Balaban J connectivity index is 2.23. The molecule has 0 radical (unpaired) electrons. The zero-order valence-electron chi connectivity index (χ0n) is 11.8. The van der Waals surface area contributed by atoms with Crippen LogP contribution in [0.3, 0.4) is 0 Å². The SMILES string of the molecule is COC(=O)c1ccc2c(c1)[C@H](NC(=O)C(C)(C)F)CC2. The quantitative estimate of drug-likeness (QED) is 0.864. The number of aryl methyl sites for hydroxylation is 1. The van der Waals surface area contributed by atoms with E-state index in [9.17, 15) is 14.0 Å². The predicted molar refractivity (Wildman–Crippen MR) is 72.2 cm³/mol. The highest BCUT2D eigenvalue weighted by Crippen LogP contribution is 2.32. The van der Waals surface area contributed by atoms with Gasteiger partial charge in [-0.3, -0.25) is 4.79 Å². The molecule has 1 aromatic rings. The van der Waals surface area contributed by atoms with Crippen molar-refractivity contribution in [3.05, 3.63) is 34.9 Å². The number of alkyl halides is 1. The second kappa shape index (κ2) is 5.23. The third-order valence-electron chi connectivity index (χ3n) is 3.49. The average molecular weight is 279 g/mol. The third-order valence-corrected chi connectivity index (χ3v) is 3.49. The molecule has 1 atom stereocenters. The van der Waals surface area contributed by atoms with E-state index in [2.05, 4.69) is 10.1 Å². The maximum absolute atomic E-state index is 13.6. The fourth-order valence-corrected chi connectivity index (χ4v) is 2.33. The van der Waals surface area contributed by atoms with Crippen LogP contribution in [0.15, 0.2) is 18.2 Å². The molecule has 0 aliphatic heterocycles. The summed E-state index contributed by atoms with van der Waals surface area (Å²) in [4.78, 5) is 23.3. The van der Waals surface area contributed by atoms with Crippen molar-refractivity contribution in [2.45, 2.75) is 38.4 Å². The number of hydrogen-bond donors (Lipinski definition) is 1. The molecule has 1 aromatic carbocycles. The van der Waals surface area contributed by atoms with E-state index in [1.807, 2.05) is 6.07 Å². The highest BCUT2D eigenvalue weighted by atomic mass is 19.1. The summed E-state index contributed by atoms with van der Waals surface area (Å²) in [7, 11) is 1.32. The number of carbonyl (C=O) groups excluding carboxylic acids is 2. The van der Waals surface area contributed by atoms with Gasteiger partial charge in [-0.05, 0) is 49.9 Å². The van der Waals surface area contributed by atoms with Gasteiger partial charge in [-0.1, -0.05) is 6.07 Å². The number of amides is 1. The minimum atomic E-state index is -1.91. The molecule has 0 fully saturated rings. The van der Waals surface area contributed by atoms with Crippen LogP contribution in [0.1, 0.15) is 47.8 Å². The van der Waals surface area contributed by atoms with Crippen LogP contribution in [-0.4, -0.2) is 24.7 Å². The van der Waals surface area contributed by atoms with Crippen molar-refractivity contribution in [2.75, 3.05) is 7.11 Å². The molecule has 1 aliphatic carbocycles. The van der Waals surface area contributed by atoms with Crippen molar-refractivity contribution in [1.29, 1.82) is 0 Å². The number of halogens is 1. The van der Waals surface area contributed by atoms with Gasteiger partial charge in [0.2, 0.25) is 0 Å². The van der Waals surface area contributed by atoms with E-state index in [1.54, 1.807) is 12.1 Å².